The van der Waals surface area contributed by atoms with Crippen molar-refractivity contribution < 1.29 is 10.2 Å². The van der Waals surface area contributed by atoms with Gasteiger partial charge in [-0.3, -0.25) is 0 Å². The second-order valence-corrected chi connectivity index (χ2v) is 5.62. The van der Waals surface area contributed by atoms with Crippen molar-refractivity contribution >= 4 is 28.2 Å². The van der Waals surface area contributed by atoms with E-state index in [1.165, 1.54) is 0 Å². The molecule has 0 aromatic heterocycles. The molecule has 104 valence electrons. The first-order valence-corrected chi connectivity index (χ1v) is 8.08. The van der Waals surface area contributed by atoms with Crippen molar-refractivity contribution in [2.45, 2.75) is 12.8 Å². The van der Waals surface area contributed by atoms with Crippen LogP contribution >= 0.6 is 22.6 Å². The Morgan fingerprint density at radius 3 is 1.70 bits per heavy atom. The molecule has 0 amide bonds. The third-order valence-corrected chi connectivity index (χ3v) is 3.81. The van der Waals surface area contributed by atoms with Crippen molar-refractivity contribution in [3.05, 3.63) is 65.7 Å². The Morgan fingerprint density at radius 2 is 1.30 bits per heavy atom. The van der Waals surface area contributed by atoms with Gasteiger partial charge in [-0.05, 0) is 58.2 Å². The Morgan fingerprint density at radius 1 is 0.850 bits per heavy atom. The summed E-state index contributed by atoms with van der Waals surface area (Å²) in [5.74, 6) is 0.539. The minimum Gasteiger partial charge on any atom is -0.508 e. The van der Waals surface area contributed by atoms with Gasteiger partial charge in [0.2, 0.25) is 0 Å². The van der Waals surface area contributed by atoms with Gasteiger partial charge in [-0.1, -0.05) is 52.9 Å². The summed E-state index contributed by atoms with van der Waals surface area (Å²) < 4.78 is 1.13. The highest BCUT2D eigenvalue weighted by Gasteiger charge is 2.05. The van der Waals surface area contributed by atoms with E-state index in [0.717, 1.165) is 34.0 Å². The van der Waals surface area contributed by atoms with E-state index in [1.54, 1.807) is 24.3 Å². The highest BCUT2D eigenvalue weighted by molar-refractivity contribution is 14.1. The highest BCUT2D eigenvalue weighted by atomic mass is 127. The van der Waals surface area contributed by atoms with E-state index in [-0.39, 0.29) is 11.5 Å². The summed E-state index contributed by atoms with van der Waals surface area (Å²) in [7, 11) is 0. The molecule has 0 fully saturated rings. The van der Waals surface area contributed by atoms with Crippen LogP contribution in [0, 0.1) is 0 Å². The highest BCUT2D eigenvalue weighted by Crippen LogP contribution is 2.27. The van der Waals surface area contributed by atoms with E-state index >= 15 is 0 Å². The standard InChI is InChI=1S/C17H17IO2/c18-12-2-1-3-17(13-4-8-15(19)9-5-13)14-6-10-16(20)11-7-14/h3-11,19-20H,1-2,12H2. The van der Waals surface area contributed by atoms with Gasteiger partial charge >= 0.3 is 0 Å². The van der Waals surface area contributed by atoms with Gasteiger partial charge in [0.15, 0.2) is 0 Å². The number of hydrogen-bond acceptors (Lipinski definition) is 2. The summed E-state index contributed by atoms with van der Waals surface area (Å²) in [6.07, 6.45) is 4.37. The molecule has 2 aromatic carbocycles. The smallest absolute Gasteiger partial charge is 0.115 e. The predicted octanol–water partition coefficient (Wildman–Crippen LogP) is 4.74. The van der Waals surface area contributed by atoms with Gasteiger partial charge in [0.25, 0.3) is 0 Å². The van der Waals surface area contributed by atoms with Gasteiger partial charge in [0, 0.05) is 0 Å². The molecule has 0 aliphatic rings. The average Bonchev–Trinajstić information content (AvgIpc) is 2.46. The second kappa shape index (κ2) is 7.33. The fourth-order valence-corrected chi connectivity index (χ4v) is 2.45. The Bertz CT molecular complexity index is 523. The zero-order valence-corrected chi connectivity index (χ0v) is 13.2. The molecule has 3 heteroatoms. The normalized spacial score (nSPS) is 10.2. The zero-order chi connectivity index (χ0) is 14.4. The van der Waals surface area contributed by atoms with E-state index < -0.39 is 0 Å². The minimum absolute atomic E-state index is 0.270. The van der Waals surface area contributed by atoms with Gasteiger partial charge in [-0.15, -0.1) is 0 Å². The lowest BCUT2D eigenvalue weighted by molar-refractivity contribution is 0.475. The molecule has 0 unspecified atom stereocenters. The summed E-state index contributed by atoms with van der Waals surface area (Å²) in [5.41, 5.74) is 3.28. The molecule has 0 aliphatic heterocycles. The number of aromatic hydroxyl groups is 2. The van der Waals surface area contributed by atoms with Crippen molar-refractivity contribution in [1.82, 2.24) is 0 Å². The van der Waals surface area contributed by atoms with Crippen LogP contribution in [0.15, 0.2) is 54.6 Å². The summed E-state index contributed by atoms with van der Waals surface area (Å²) in [5, 5.41) is 18.8. The lowest BCUT2D eigenvalue weighted by Crippen LogP contribution is -1.88. The van der Waals surface area contributed by atoms with Crippen LogP contribution in [-0.4, -0.2) is 14.6 Å². The first-order valence-electron chi connectivity index (χ1n) is 6.55. The molecular weight excluding hydrogens is 363 g/mol. The third kappa shape index (κ3) is 4.00. The number of phenols is 2. The summed E-state index contributed by atoms with van der Waals surface area (Å²) in [4.78, 5) is 0. The molecule has 0 saturated heterocycles. The number of unbranched alkanes of at least 4 members (excludes halogenated alkanes) is 1. The molecule has 2 nitrogen and oxygen atoms in total. The zero-order valence-electron chi connectivity index (χ0n) is 11.1. The van der Waals surface area contributed by atoms with Crippen LogP contribution in [-0.2, 0) is 0 Å². The van der Waals surface area contributed by atoms with Gasteiger partial charge in [0.1, 0.15) is 11.5 Å². The van der Waals surface area contributed by atoms with E-state index in [0.29, 0.717) is 0 Å². The summed E-state index contributed by atoms with van der Waals surface area (Å²) >= 11 is 2.38. The van der Waals surface area contributed by atoms with Gasteiger partial charge in [0.05, 0.1) is 0 Å². The second-order valence-electron chi connectivity index (χ2n) is 4.54. The largest absolute Gasteiger partial charge is 0.508 e. The van der Waals surface area contributed by atoms with Crippen LogP contribution in [0.1, 0.15) is 24.0 Å². The maximum atomic E-state index is 9.41. The van der Waals surface area contributed by atoms with Gasteiger partial charge in [-0.25, -0.2) is 0 Å². The molecule has 0 atom stereocenters. The molecule has 0 spiro atoms. The molecule has 2 N–H and O–H groups in total. The number of hydrogen-bond donors (Lipinski definition) is 2. The molecule has 0 saturated carbocycles. The quantitative estimate of drug-likeness (QED) is 0.447. The molecule has 0 bridgehead atoms. The van der Waals surface area contributed by atoms with E-state index in [9.17, 15) is 10.2 Å². The average molecular weight is 380 g/mol. The third-order valence-electron chi connectivity index (χ3n) is 3.04. The Labute approximate surface area is 132 Å². The van der Waals surface area contributed by atoms with Crippen LogP contribution in [0.4, 0.5) is 0 Å². The maximum Gasteiger partial charge on any atom is 0.115 e. The molecule has 0 heterocycles. The van der Waals surface area contributed by atoms with Crippen LogP contribution in [0.5, 0.6) is 11.5 Å². The number of allylic oxidation sites excluding steroid dienone is 1. The Hall–Kier alpha value is -1.49. The maximum absolute atomic E-state index is 9.41. The lowest BCUT2D eigenvalue weighted by Gasteiger charge is -2.09. The topological polar surface area (TPSA) is 40.5 Å². The SMILES string of the molecule is Oc1ccc(C(=CCCCI)c2ccc(O)cc2)cc1. The lowest BCUT2D eigenvalue weighted by atomic mass is 9.96. The molecule has 0 aliphatic carbocycles. The van der Waals surface area contributed by atoms with Crippen molar-refractivity contribution in [3.8, 4) is 11.5 Å². The number of rotatable bonds is 5. The molecular formula is C17H17IO2. The molecule has 2 aromatic rings. The van der Waals surface area contributed by atoms with Gasteiger partial charge in [-0.2, -0.15) is 0 Å². The number of benzene rings is 2. The minimum atomic E-state index is 0.270. The first kappa shape index (κ1) is 14.9. The van der Waals surface area contributed by atoms with Crippen LogP contribution in [0.25, 0.3) is 5.57 Å². The van der Waals surface area contributed by atoms with E-state index in [1.807, 2.05) is 24.3 Å². The number of alkyl halides is 1. The monoisotopic (exact) mass is 380 g/mol. The first-order chi connectivity index (χ1) is 9.70. The Kier molecular flexibility index (Phi) is 5.47. The molecule has 0 radical (unpaired) electrons. The van der Waals surface area contributed by atoms with Crippen LogP contribution in [0.3, 0.4) is 0 Å². The van der Waals surface area contributed by atoms with E-state index in [2.05, 4.69) is 28.7 Å². The summed E-state index contributed by atoms with van der Waals surface area (Å²) in [6.45, 7) is 0. The fraction of sp³-hybridized carbons (Fsp3) is 0.176. The van der Waals surface area contributed by atoms with Crippen LogP contribution in [0.2, 0.25) is 0 Å². The number of phenolic OH excluding ortho intramolecular Hbond substituents is 2. The molecule has 2 rings (SSSR count). The predicted molar refractivity (Wildman–Crippen MR) is 91.4 cm³/mol. The summed E-state index contributed by atoms with van der Waals surface area (Å²) in [6, 6.07) is 14.4. The number of halogens is 1. The Balaban J connectivity index is 2.36. The van der Waals surface area contributed by atoms with Crippen molar-refractivity contribution in [2.24, 2.45) is 0 Å². The van der Waals surface area contributed by atoms with Crippen molar-refractivity contribution in [2.75, 3.05) is 4.43 Å². The van der Waals surface area contributed by atoms with Crippen molar-refractivity contribution in [1.29, 1.82) is 0 Å². The van der Waals surface area contributed by atoms with E-state index in [4.69, 9.17) is 0 Å². The van der Waals surface area contributed by atoms with Gasteiger partial charge < -0.3 is 10.2 Å². The van der Waals surface area contributed by atoms with Crippen molar-refractivity contribution in [3.63, 3.8) is 0 Å². The van der Waals surface area contributed by atoms with Crippen LogP contribution < -0.4 is 0 Å². The fourth-order valence-electron chi connectivity index (χ4n) is 2.01. The molecule has 20 heavy (non-hydrogen) atoms.